The standard InChI is InChI=1S/C38H34O5/c1-38(27-9-7-26(8-10-27)25-5-3-2-4-6-25)34-21-19-32(41-30-15-11-28(39)12-16-30)23-36(34)43-37-24-33(20-22-35(37)38)42-31-17-13-29(40)14-18-31/h7-25,39-40H,2-6H2,1H3. The average molecular weight is 571 g/mol. The highest BCUT2D eigenvalue weighted by atomic mass is 16.5. The van der Waals surface area contributed by atoms with Crippen molar-refractivity contribution in [2.45, 2.75) is 50.4 Å². The van der Waals surface area contributed by atoms with E-state index in [4.69, 9.17) is 14.2 Å². The molecule has 1 saturated carbocycles. The number of aromatic hydroxyl groups is 2. The van der Waals surface area contributed by atoms with Gasteiger partial charge in [0.2, 0.25) is 0 Å². The van der Waals surface area contributed by atoms with Gasteiger partial charge in [-0.3, -0.25) is 0 Å². The Kier molecular flexibility index (Phi) is 6.94. The van der Waals surface area contributed by atoms with Crippen LogP contribution >= 0.6 is 0 Å². The average Bonchev–Trinajstić information content (AvgIpc) is 3.04. The van der Waals surface area contributed by atoms with Crippen LogP contribution in [0, 0.1) is 0 Å². The molecule has 0 amide bonds. The van der Waals surface area contributed by atoms with Crippen molar-refractivity contribution in [3.05, 3.63) is 131 Å². The molecule has 1 heterocycles. The molecule has 1 aliphatic carbocycles. The highest BCUT2D eigenvalue weighted by molar-refractivity contribution is 5.65. The summed E-state index contributed by atoms with van der Waals surface area (Å²) in [7, 11) is 0. The van der Waals surface area contributed by atoms with Gasteiger partial charge < -0.3 is 24.4 Å². The van der Waals surface area contributed by atoms with Gasteiger partial charge in [0.1, 0.15) is 46.0 Å². The lowest BCUT2D eigenvalue weighted by Gasteiger charge is -2.38. The molecule has 216 valence electrons. The van der Waals surface area contributed by atoms with Gasteiger partial charge in [0.15, 0.2) is 0 Å². The SMILES string of the molecule is CC1(c2ccc(C3CCCCC3)cc2)c2ccc(Oc3ccc(O)cc3)cc2Oc2cc(Oc3ccc(O)cc3)ccc21. The molecule has 5 nitrogen and oxygen atoms in total. The van der Waals surface area contributed by atoms with Crippen LogP contribution in [0.15, 0.2) is 109 Å². The number of hydrogen-bond acceptors (Lipinski definition) is 5. The topological polar surface area (TPSA) is 68.2 Å². The summed E-state index contributed by atoms with van der Waals surface area (Å²) in [5, 5.41) is 19.3. The van der Waals surface area contributed by atoms with Crippen LogP contribution in [0.5, 0.6) is 46.0 Å². The Morgan fingerprint density at radius 3 is 1.53 bits per heavy atom. The largest absolute Gasteiger partial charge is 0.508 e. The maximum atomic E-state index is 9.66. The molecule has 0 unspecified atom stereocenters. The van der Waals surface area contributed by atoms with E-state index in [-0.39, 0.29) is 11.5 Å². The van der Waals surface area contributed by atoms with E-state index in [1.165, 1.54) is 43.2 Å². The number of benzene rings is 5. The van der Waals surface area contributed by atoms with Crippen molar-refractivity contribution < 1.29 is 24.4 Å². The van der Waals surface area contributed by atoms with Gasteiger partial charge in [-0.25, -0.2) is 0 Å². The van der Waals surface area contributed by atoms with Crippen LogP contribution in [0.25, 0.3) is 0 Å². The van der Waals surface area contributed by atoms with Crippen LogP contribution in [-0.4, -0.2) is 10.2 Å². The van der Waals surface area contributed by atoms with Gasteiger partial charge in [-0.1, -0.05) is 55.7 Å². The number of rotatable bonds is 6. The molecule has 7 rings (SSSR count). The molecule has 1 aliphatic heterocycles. The van der Waals surface area contributed by atoms with E-state index < -0.39 is 5.41 Å². The van der Waals surface area contributed by atoms with Gasteiger partial charge in [-0.15, -0.1) is 0 Å². The second-order valence-electron chi connectivity index (χ2n) is 11.7. The zero-order valence-corrected chi connectivity index (χ0v) is 24.1. The third-order valence-corrected chi connectivity index (χ3v) is 8.91. The Morgan fingerprint density at radius 2 is 1.05 bits per heavy atom. The minimum Gasteiger partial charge on any atom is -0.508 e. The van der Waals surface area contributed by atoms with Crippen LogP contribution in [0.1, 0.15) is 67.2 Å². The maximum Gasteiger partial charge on any atom is 0.135 e. The molecule has 2 N–H and O–H groups in total. The molecule has 5 aromatic rings. The van der Waals surface area contributed by atoms with Crippen molar-refractivity contribution in [3.8, 4) is 46.0 Å². The lowest BCUT2D eigenvalue weighted by atomic mass is 9.69. The third kappa shape index (κ3) is 5.27. The summed E-state index contributed by atoms with van der Waals surface area (Å²) in [5.41, 5.74) is 4.24. The number of phenolic OH excluding ortho intramolecular Hbond substituents is 2. The highest BCUT2D eigenvalue weighted by Crippen LogP contribution is 2.53. The minimum absolute atomic E-state index is 0.188. The Labute approximate surface area is 251 Å². The van der Waals surface area contributed by atoms with E-state index in [0.717, 1.165) is 11.1 Å². The molecule has 0 saturated heterocycles. The van der Waals surface area contributed by atoms with E-state index in [1.807, 2.05) is 24.3 Å². The van der Waals surface area contributed by atoms with Crippen molar-refractivity contribution in [1.29, 1.82) is 0 Å². The van der Waals surface area contributed by atoms with Crippen molar-refractivity contribution in [1.82, 2.24) is 0 Å². The van der Waals surface area contributed by atoms with E-state index in [2.05, 4.69) is 43.3 Å². The van der Waals surface area contributed by atoms with E-state index in [9.17, 15) is 10.2 Å². The summed E-state index contributed by atoms with van der Waals surface area (Å²) in [4.78, 5) is 0. The van der Waals surface area contributed by atoms with Crippen molar-refractivity contribution >= 4 is 0 Å². The zero-order valence-electron chi connectivity index (χ0n) is 24.1. The third-order valence-electron chi connectivity index (χ3n) is 8.91. The first-order valence-electron chi connectivity index (χ1n) is 15.0. The quantitative estimate of drug-likeness (QED) is 0.213. The van der Waals surface area contributed by atoms with Crippen molar-refractivity contribution in [2.75, 3.05) is 0 Å². The van der Waals surface area contributed by atoms with Gasteiger partial charge in [0.05, 0.1) is 0 Å². The molecule has 0 spiro atoms. The van der Waals surface area contributed by atoms with Crippen LogP contribution in [0.3, 0.4) is 0 Å². The lowest BCUT2D eigenvalue weighted by Crippen LogP contribution is -2.29. The fourth-order valence-corrected chi connectivity index (χ4v) is 6.53. The molecule has 0 radical (unpaired) electrons. The Balaban J connectivity index is 1.28. The van der Waals surface area contributed by atoms with Crippen molar-refractivity contribution in [3.63, 3.8) is 0 Å². The first-order valence-corrected chi connectivity index (χ1v) is 15.0. The molecular weight excluding hydrogens is 536 g/mol. The van der Waals surface area contributed by atoms with Crippen LogP contribution in [-0.2, 0) is 5.41 Å². The molecule has 5 aromatic carbocycles. The van der Waals surface area contributed by atoms with Crippen molar-refractivity contribution in [2.24, 2.45) is 0 Å². The predicted octanol–water partition coefficient (Wildman–Crippen LogP) is 10.2. The second kappa shape index (κ2) is 11.1. The second-order valence-corrected chi connectivity index (χ2v) is 11.7. The molecule has 2 aliphatic rings. The molecule has 5 heteroatoms. The van der Waals surface area contributed by atoms with Gasteiger partial charge in [-0.05, 0) is 97.5 Å². The van der Waals surface area contributed by atoms with E-state index in [0.29, 0.717) is 40.4 Å². The predicted molar refractivity (Wildman–Crippen MR) is 167 cm³/mol. The summed E-state index contributed by atoms with van der Waals surface area (Å²) in [6.45, 7) is 2.25. The van der Waals surface area contributed by atoms with E-state index >= 15 is 0 Å². The monoisotopic (exact) mass is 570 g/mol. The first kappa shape index (κ1) is 27.0. The molecule has 0 aromatic heterocycles. The maximum absolute atomic E-state index is 9.66. The number of phenols is 2. The number of fused-ring (bicyclic) bond motifs is 2. The lowest BCUT2D eigenvalue weighted by molar-refractivity contribution is 0.412. The Bertz CT molecular complexity index is 1640. The van der Waals surface area contributed by atoms with Crippen LogP contribution in [0.4, 0.5) is 0 Å². The summed E-state index contributed by atoms with van der Waals surface area (Å²) in [6.07, 6.45) is 6.50. The summed E-state index contributed by atoms with van der Waals surface area (Å²) in [5.74, 6) is 4.97. The molecule has 0 bridgehead atoms. The first-order chi connectivity index (χ1) is 21.0. The molecular formula is C38H34O5. The fourth-order valence-electron chi connectivity index (χ4n) is 6.53. The van der Waals surface area contributed by atoms with Gasteiger partial charge in [-0.2, -0.15) is 0 Å². The Morgan fingerprint density at radius 1 is 0.581 bits per heavy atom. The smallest absolute Gasteiger partial charge is 0.135 e. The molecule has 0 atom stereocenters. The van der Waals surface area contributed by atoms with Gasteiger partial charge in [0, 0.05) is 28.7 Å². The van der Waals surface area contributed by atoms with Gasteiger partial charge in [0.25, 0.3) is 0 Å². The molecule has 1 fully saturated rings. The summed E-state index contributed by atoms with van der Waals surface area (Å²) in [6, 6.07) is 34.5. The number of hydrogen-bond donors (Lipinski definition) is 2. The van der Waals surface area contributed by atoms with Gasteiger partial charge >= 0.3 is 0 Å². The number of ether oxygens (including phenoxy) is 3. The normalized spacial score (nSPS) is 15.6. The molecule has 43 heavy (non-hydrogen) atoms. The van der Waals surface area contributed by atoms with E-state index in [1.54, 1.807) is 48.5 Å². The minimum atomic E-state index is -0.484. The Hall–Kier alpha value is -4.90. The summed E-state index contributed by atoms with van der Waals surface area (Å²) >= 11 is 0. The highest BCUT2D eigenvalue weighted by Gasteiger charge is 2.40. The fraction of sp³-hybridized carbons (Fsp3) is 0.211. The zero-order chi connectivity index (χ0) is 29.4. The summed E-state index contributed by atoms with van der Waals surface area (Å²) < 4.78 is 18.8. The van der Waals surface area contributed by atoms with Crippen LogP contribution in [0.2, 0.25) is 0 Å². The van der Waals surface area contributed by atoms with Crippen LogP contribution < -0.4 is 14.2 Å².